The van der Waals surface area contributed by atoms with Crippen molar-refractivity contribution in [2.45, 2.75) is 23.1 Å². The molecule has 1 aromatic carbocycles. The standard InChI is InChI=1S/C16H16N6O9S3/c1-2-15(33,21-10(23)6-7-11(21)24)16(14(26)32,34(29,30)31)18-13(25)8-4-3-5-9(19-20-17)12(8)22(27)28/h3-7,23-24,33H,2H2,1H3,(H,18,25)(H,26,32)(H,29,30,31). The molecule has 0 aliphatic carbocycles. The van der Waals surface area contributed by atoms with E-state index in [4.69, 9.17) is 5.53 Å². The number of thiol groups is 2. The molecule has 0 radical (unpaired) electrons. The Bertz CT molecular complexity index is 1320. The topological polar surface area (TPSA) is 238 Å². The van der Waals surface area contributed by atoms with E-state index in [9.17, 15) is 42.9 Å². The minimum atomic E-state index is -5.74. The van der Waals surface area contributed by atoms with Crippen LogP contribution in [0.25, 0.3) is 10.4 Å². The fourth-order valence-electron chi connectivity index (χ4n) is 3.33. The first-order valence-electron chi connectivity index (χ1n) is 8.87. The molecule has 34 heavy (non-hydrogen) atoms. The molecule has 2 rings (SSSR count). The molecule has 1 amide bonds. The van der Waals surface area contributed by atoms with Gasteiger partial charge in [0.1, 0.15) is 16.1 Å². The van der Waals surface area contributed by atoms with Crippen molar-refractivity contribution in [3.8, 4) is 11.8 Å². The number of hydrogen-bond donors (Lipinski definition) is 6. The highest BCUT2D eigenvalue weighted by Gasteiger charge is 2.65. The second-order valence-corrected chi connectivity index (χ2v) is 9.30. The summed E-state index contributed by atoms with van der Waals surface area (Å²) in [7, 11) is -5.74. The van der Waals surface area contributed by atoms with Crippen LogP contribution in [0.5, 0.6) is 11.8 Å². The Morgan fingerprint density at radius 2 is 1.85 bits per heavy atom. The van der Waals surface area contributed by atoms with Crippen molar-refractivity contribution in [3.63, 3.8) is 0 Å². The molecule has 0 aliphatic rings. The van der Waals surface area contributed by atoms with Crippen LogP contribution in [0.2, 0.25) is 0 Å². The second-order valence-electron chi connectivity index (χ2n) is 6.59. The third-order valence-corrected chi connectivity index (χ3v) is 7.73. The van der Waals surface area contributed by atoms with Crippen LogP contribution in [-0.4, -0.2) is 48.6 Å². The summed E-state index contributed by atoms with van der Waals surface area (Å²) in [5.41, 5.74) is 6.12. The van der Waals surface area contributed by atoms with Crippen molar-refractivity contribution in [1.82, 2.24) is 9.88 Å². The van der Waals surface area contributed by atoms with Crippen LogP contribution in [-0.2, 0) is 19.8 Å². The van der Waals surface area contributed by atoms with Gasteiger partial charge in [-0.1, -0.05) is 18.1 Å². The number of carbonyl (C=O) groups excluding carboxylic acids is 2. The first-order chi connectivity index (χ1) is 15.7. The number of benzene rings is 1. The number of hydrogen-bond acceptors (Lipinski definition) is 10. The summed E-state index contributed by atoms with van der Waals surface area (Å²) in [6.07, 6.45) is -0.556. The number of amides is 1. The number of nitrogens with one attached hydrogen (secondary N) is 1. The first kappa shape index (κ1) is 26.8. The fourth-order valence-corrected chi connectivity index (χ4v) is 5.80. The van der Waals surface area contributed by atoms with Gasteiger partial charge in [-0.3, -0.25) is 28.8 Å². The zero-order valence-corrected chi connectivity index (χ0v) is 19.5. The van der Waals surface area contributed by atoms with Crippen molar-refractivity contribution < 1.29 is 37.7 Å². The van der Waals surface area contributed by atoms with Crippen LogP contribution in [0.15, 0.2) is 35.4 Å². The Hall–Kier alpha value is -3.44. The van der Waals surface area contributed by atoms with Crippen LogP contribution in [0.3, 0.4) is 0 Å². The molecule has 18 heteroatoms. The minimum Gasteiger partial charge on any atom is -0.494 e. The molecule has 0 saturated heterocycles. The van der Waals surface area contributed by atoms with E-state index in [0.29, 0.717) is 4.57 Å². The molecule has 0 fully saturated rings. The predicted octanol–water partition coefficient (Wildman–Crippen LogP) is 2.21. The highest BCUT2D eigenvalue weighted by atomic mass is 32.2. The summed E-state index contributed by atoms with van der Waals surface area (Å²) in [5, 5.41) is 35.0. The predicted molar refractivity (Wildman–Crippen MR) is 123 cm³/mol. The summed E-state index contributed by atoms with van der Waals surface area (Å²) in [6, 6.07) is 4.74. The average Bonchev–Trinajstić information content (AvgIpc) is 3.08. The van der Waals surface area contributed by atoms with Crippen LogP contribution >= 0.6 is 25.3 Å². The van der Waals surface area contributed by atoms with E-state index in [-0.39, 0.29) is 0 Å². The van der Waals surface area contributed by atoms with Crippen molar-refractivity contribution in [1.29, 1.82) is 0 Å². The molecule has 15 nitrogen and oxygen atoms in total. The molecule has 1 aromatic heterocycles. The third-order valence-electron chi connectivity index (χ3n) is 4.84. The maximum absolute atomic E-state index is 13.1. The molecular weight excluding hydrogens is 516 g/mol. The molecule has 0 saturated carbocycles. The molecule has 2 unspecified atom stereocenters. The van der Waals surface area contributed by atoms with Gasteiger partial charge in [0.25, 0.3) is 16.5 Å². The van der Waals surface area contributed by atoms with Gasteiger partial charge in [-0.2, -0.15) is 8.42 Å². The normalized spacial score (nSPS) is 14.8. The van der Waals surface area contributed by atoms with Crippen molar-refractivity contribution in [3.05, 3.63) is 56.5 Å². The summed E-state index contributed by atoms with van der Waals surface area (Å²) in [5.74, 6) is -3.23. The zero-order chi connectivity index (χ0) is 26.1. The number of nitro benzene ring substituents is 1. The monoisotopic (exact) mass is 532 g/mol. The number of aromatic nitrogens is 1. The zero-order valence-electron chi connectivity index (χ0n) is 16.9. The van der Waals surface area contributed by atoms with Gasteiger partial charge in [0.05, 0.1) is 4.92 Å². The number of aromatic hydroxyl groups is 2. The fraction of sp³-hybridized carbons (Fsp3) is 0.250. The molecule has 2 atom stereocenters. The average molecular weight is 533 g/mol. The van der Waals surface area contributed by atoms with E-state index in [1.807, 2.05) is 0 Å². The van der Waals surface area contributed by atoms with Crippen molar-refractivity contribution in [2.75, 3.05) is 0 Å². The Balaban J connectivity index is 2.91. The largest absolute Gasteiger partial charge is 0.494 e. The van der Waals surface area contributed by atoms with Crippen LogP contribution in [0, 0.1) is 10.1 Å². The van der Waals surface area contributed by atoms with Gasteiger partial charge in [-0.25, -0.2) is 0 Å². The van der Waals surface area contributed by atoms with E-state index < -0.39 is 70.9 Å². The maximum atomic E-state index is 13.1. The lowest BCUT2D eigenvalue weighted by Gasteiger charge is -2.44. The molecule has 182 valence electrons. The number of nitro groups is 1. The van der Waals surface area contributed by atoms with Crippen LogP contribution < -0.4 is 5.32 Å². The van der Waals surface area contributed by atoms with Crippen molar-refractivity contribution >= 4 is 57.8 Å². The summed E-state index contributed by atoms with van der Waals surface area (Å²) in [4.78, 5) is 32.5. The van der Waals surface area contributed by atoms with Crippen LogP contribution in [0.4, 0.5) is 11.4 Å². The SMILES string of the molecule is CCC(S)(n1c(O)ccc1O)C(NC(=O)c1cccc(N=[N+]=[N-])c1[N+](=O)[O-])(C(=O)S)S(=O)(=O)O. The quantitative estimate of drug-likeness (QED) is 0.0527. The van der Waals surface area contributed by atoms with E-state index in [2.05, 4.69) is 35.3 Å². The molecule has 0 bridgehead atoms. The number of azide groups is 1. The van der Waals surface area contributed by atoms with Crippen molar-refractivity contribution in [2.24, 2.45) is 5.11 Å². The third kappa shape index (κ3) is 4.12. The van der Waals surface area contributed by atoms with Gasteiger partial charge in [-0.05, 0) is 24.1 Å². The minimum absolute atomic E-state index is 0.434. The summed E-state index contributed by atoms with van der Waals surface area (Å²) < 4.78 is 35.8. The smallest absolute Gasteiger partial charge is 0.301 e. The Kier molecular flexibility index (Phi) is 7.44. The van der Waals surface area contributed by atoms with Gasteiger partial charge in [-0.15, -0.1) is 25.3 Å². The summed E-state index contributed by atoms with van der Waals surface area (Å²) >= 11 is 7.66. The lowest BCUT2D eigenvalue weighted by atomic mass is 10.0. The van der Waals surface area contributed by atoms with E-state index in [0.717, 1.165) is 30.3 Å². The molecule has 1 heterocycles. The number of rotatable bonds is 9. The Morgan fingerprint density at radius 3 is 2.26 bits per heavy atom. The molecule has 0 aliphatic heterocycles. The lowest BCUT2D eigenvalue weighted by molar-refractivity contribution is -0.384. The van der Waals surface area contributed by atoms with Gasteiger partial charge >= 0.3 is 10.1 Å². The van der Waals surface area contributed by atoms with Gasteiger partial charge in [0.15, 0.2) is 11.8 Å². The maximum Gasteiger partial charge on any atom is 0.301 e. The number of para-hydroxylation sites is 1. The number of carbonyl (C=O) groups is 2. The van der Waals surface area contributed by atoms with E-state index in [1.165, 1.54) is 6.92 Å². The summed E-state index contributed by atoms with van der Waals surface area (Å²) in [6.45, 7) is 1.24. The highest BCUT2D eigenvalue weighted by molar-refractivity contribution is 8.01. The Labute approximate surface area is 201 Å². The second kappa shape index (κ2) is 9.43. The van der Waals surface area contributed by atoms with Gasteiger partial charge < -0.3 is 15.5 Å². The Morgan fingerprint density at radius 1 is 1.29 bits per heavy atom. The van der Waals surface area contributed by atoms with E-state index >= 15 is 0 Å². The van der Waals surface area contributed by atoms with Crippen LogP contribution in [0.1, 0.15) is 23.7 Å². The molecule has 4 N–H and O–H groups in total. The molecule has 0 spiro atoms. The highest BCUT2D eigenvalue weighted by Crippen LogP contribution is 2.47. The molecular formula is C16H16N6O9S3. The lowest BCUT2D eigenvalue weighted by Crippen LogP contribution is -2.69. The van der Waals surface area contributed by atoms with Gasteiger partial charge in [0, 0.05) is 17.0 Å². The first-order valence-corrected chi connectivity index (χ1v) is 11.2. The van der Waals surface area contributed by atoms with Gasteiger partial charge in [0.2, 0.25) is 5.12 Å². The molecule has 2 aromatic rings. The number of nitrogens with zero attached hydrogens (tertiary/aromatic N) is 5. The van der Waals surface area contributed by atoms with E-state index in [1.54, 1.807) is 5.32 Å².